The van der Waals surface area contributed by atoms with Gasteiger partial charge in [-0.2, -0.15) is 0 Å². The normalized spacial score (nSPS) is 20.8. The summed E-state index contributed by atoms with van der Waals surface area (Å²) in [5.74, 6) is 0.858. The molecule has 1 aromatic carbocycles. The van der Waals surface area contributed by atoms with E-state index in [4.69, 9.17) is 0 Å². The van der Waals surface area contributed by atoms with Crippen molar-refractivity contribution in [1.29, 1.82) is 0 Å². The molecule has 2 nitrogen and oxygen atoms in total. The quantitative estimate of drug-likeness (QED) is 0.902. The topological polar surface area (TPSA) is 15.3 Å². The zero-order valence-electron chi connectivity index (χ0n) is 11.0. The summed E-state index contributed by atoms with van der Waals surface area (Å²) in [7, 11) is 2.23. The molecule has 0 aliphatic carbocycles. The molecule has 18 heavy (non-hydrogen) atoms. The van der Waals surface area contributed by atoms with Crippen LogP contribution >= 0.6 is 15.9 Å². The highest BCUT2D eigenvalue weighted by atomic mass is 79.9. The zero-order valence-corrected chi connectivity index (χ0v) is 12.6. The van der Waals surface area contributed by atoms with Crippen molar-refractivity contribution in [2.45, 2.75) is 25.7 Å². The number of halogens is 1. The second-order valence-electron chi connectivity index (χ2n) is 5.73. The van der Waals surface area contributed by atoms with E-state index in [0.717, 1.165) is 12.5 Å². The molecule has 0 bridgehead atoms. The van der Waals surface area contributed by atoms with Gasteiger partial charge in [0.25, 0.3) is 0 Å². The van der Waals surface area contributed by atoms with E-state index in [1.54, 1.807) is 0 Å². The lowest BCUT2D eigenvalue weighted by Gasteiger charge is -2.29. The molecule has 2 heterocycles. The molecule has 0 atom stereocenters. The molecule has 2 aliphatic rings. The number of anilines is 1. The van der Waals surface area contributed by atoms with Crippen LogP contribution in [0.3, 0.4) is 0 Å². The molecule has 1 fully saturated rings. The molecule has 1 aromatic rings. The molecule has 1 N–H and O–H groups in total. The van der Waals surface area contributed by atoms with E-state index < -0.39 is 0 Å². The van der Waals surface area contributed by atoms with Gasteiger partial charge >= 0.3 is 0 Å². The summed E-state index contributed by atoms with van der Waals surface area (Å²) in [6.07, 6.45) is 5.08. The van der Waals surface area contributed by atoms with Gasteiger partial charge in [-0.25, -0.2) is 0 Å². The number of likely N-dealkylation sites (tertiary alicyclic amines) is 1. The molecular weight excluding hydrogens is 288 g/mol. The Morgan fingerprint density at radius 1 is 1.33 bits per heavy atom. The summed E-state index contributed by atoms with van der Waals surface area (Å²) in [5.41, 5.74) is 4.31. The van der Waals surface area contributed by atoms with Crippen LogP contribution in [0.2, 0.25) is 0 Å². The first-order valence-electron chi connectivity index (χ1n) is 6.96. The molecule has 0 spiro atoms. The first-order valence-corrected chi connectivity index (χ1v) is 7.75. The predicted octanol–water partition coefficient (Wildman–Crippen LogP) is 3.30. The van der Waals surface area contributed by atoms with Crippen LogP contribution in [-0.2, 0) is 12.8 Å². The lowest BCUT2D eigenvalue weighted by atomic mass is 9.90. The van der Waals surface area contributed by atoms with Crippen molar-refractivity contribution in [2.24, 2.45) is 5.92 Å². The number of hydrogen-bond acceptors (Lipinski definition) is 2. The monoisotopic (exact) mass is 308 g/mol. The van der Waals surface area contributed by atoms with Crippen molar-refractivity contribution in [3.63, 3.8) is 0 Å². The van der Waals surface area contributed by atoms with Gasteiger partial charge in [-0.1, -0.05) is 15.9 Å². The van der Waals surface area contributed by atoms with E-state index in [-0.39, 0.29) is 0 Å². The Morgan fingerprint density at radius 2 is 2.11 bits per heavy atom. The maximum absolute atomic E-state index is 3.75. The maximum Gasteiger partial charge on any atom is 0.0377 e. The Bertz CT molecular complexity index is 436. The largest absolute Gasteiger partial charge is 0.384 e. The van der Waals surface area contributed by atoms with Crippen molar-refractivity contribution in [2.75, 3.05) is 32.0 Å². The summed E-state index contributed by atoms with van der Waals surface area (Å²) in [4.78, 5) is 2.44. The molecule has 3 rings (SSSR count). The SMILES string of the molecule is CN1CCC(Cc2cc3c(cc2Br)CCN3)CC1. The summed E-state index contributed by atoms with van der Waals surface area (Å²) in [5, 5.41) is 3.48. The van der Waals surface area contributed by atoms with Crippen molar-refractivity contribution in [3.05, 3.63) is 27.7 Å². The average Bonchev–Trinajstić information content (AvgIpc) is 2.79. The smallest absolute Gasteiger partial charge is 0.0377 e. The van der Waals surface area contributed by atoms with E-state index in [1.807, 2.05) is 0 Å². The molecular formula is C15H21BrN2. The number of nitrogens with zero attached hydrogens (tertiary/aromatic N) is 1. The van der Waals surface area contributed by atoms with Crippen LogP contribution in [0, 0.1) is 5.92 Å². The summed E-state index contributed by atoms with van der Waals surface area (Å²) >= 11 is 3.75. The minimum absolute atomic E-state index is 0.858. The van der Waals surface area contributed by atoms with Crippen molar-refractivity contribution in [3.8, 4) is 0 Å². The molecule has 0 saturated carbocycles. The fourth-order valence-corrected chi connectivity index (χ4v) is 3.65. The van der Waals surface area contributed by atoms with Crippen LogP contribution in [0.1, 0.15) is 24.0 Å². The van der Waals surface area contributed by atoms with E-state index in [1.165, 1.54) is 60.1 Å². The van der Waals surface area contributed by atoms with E-state index in [9.17, 15) is 0 Å². The first-order chi connectivity index (χ1) is 8.72. The molecule has 0 radical (unpaired) electrons. The van der Waals surface area contributed by atoms with Crippen molar-refractivity contribution < 1.29 is 0 Å². The maximum atomic E-state index is 3.75. The molecule has 3 heteroatoms. The fourth-order valence-electron chi connectivity index (χ4n) is 3.10. The van der Waals surface area contributed by atoms with Crippen LogP contribution in [0.15, 0.2) is 16.6 Å². The second-order valence-corrected chi connectivity index (χ2v) is 6.58. The van der Waals surface area contributed by atoms with E-state index >= 15 is 0 Å². The average molecular weight is 309 g/mol. The number of hydrogen-bond donors (Lipinski definition) is 1. The van der Waals surface area contributed by atoms with E-state index in [0.29, 0.717) is 0 Å². The van der Waals surface area contributed by atoms with Gasteiger partial charge in [-0.05, 0) is 75.0 Å². The highest BCUT2D eigenvalue weighted by molar-refractivity contribution is 9.10. The molecule has 0 aromatic heterocycles. The summed E-state index contributed by atoms with van der Waals surface area (Å²) < 4.78 is 1.31. The third-order valence-corrected chi connectivity index (χ3v) is 5.07. The van der Waals surface area contributed by atoms with Gasteiger partial charge in [-0.3, -0.25) is 0 Å². The Balaban J connectivity index is 1.73. The lowest BCUT2D eigenvalue weighted by Crippen LogP contribution is -2.31. The number of fused-ring (bicyclic) bond motifs is 1. The van der Waals surface area contributed by atoms with Gasteiger partial charge in [0, 0.05) is 16.7 Å². The molecule has 98 valence electrons. The van der Waals surface area contributed by atoms with Crippen molar-refractivity contribution in [1.82, 2.24) is 4.90 Å². The first kappa shape index (κ1) is 12.5. The Kier molecular flexibility index (Phi) is 3.62. The van der Waals surface area contributed by atoms with Crippen LogP contribution in [0.5, 0.6) is 0 Å². The number of nitrogens with one attached hydrogen (secondary N) is 1. The van der Waals surface area contributed by atoms with Crippen LogP contribution in [-0.4, -0.2) is 31.6 Å². The van der Waals surface area contributed by atoms with Gasteiger partial charge in [0.15, 0.2) is 0 Å². The van der Waals surface area contributed by atoms with Crippen LogP contribution in [0.25, 0.3) is 0 Å². The highest BCUT2D eigenvalue weighted by Gasteiger charge is 2.19. The van der Waals surface area contributed by atoms with Gasteiger partial charge in [0.05, 0.1) is 0 Å². The minimum atomic E-state index is 0.858. The number of benzene rings is 1. The third-order valence-electron chi connectivity index (χ3n) is 4.33. The van der Waals surface area contributed by atoms with Crippen LogP contribution in [0.4, 0.5) is 5.69 Å². The Hall–Kier alpha value is -0.540. The number of rotatable bonds is 2. The number of piperidine rings is 1. The molecule has 1 saturated heterocycles. The minimum Gasteiger partial charge on any atom is -0.384 e. The lowest BCUT2D eigenvalue weighted by molar-refractivity contribution is 0.219. The summed E-state index contributed by atoms with van der Waals surface area (Å²) in [6, 6.07) is 4.68. The van der Waals surface area contributed by atoms with Gasteiger partial charge in [-0.15, -0.1) is 0 Å². The van der Waals surface area contributed by atoms with E-state index in [2.05, 4.69) is 45.3 Å². The van der Waals surface area contributed by atoms with Gasteiger partial charge in [0.2, 0.25) is 0 Å². The standard InChI is InChI=1S/C15H21BrN2/c1-18-6-3-11(4-7-18)8-13-10-15-12(2-5-17-15)9-14(13)16/h9-11,17H,2-8H2,1H3. The predicted molar refractivity (Wildman–Crippen MR) is 80.3 cm³/mol. The van der Waals surface area contributed by atoms with Crippen molar-refractivity contribution >= 4 is 21.6 Å². The Labute approximate surface area is 118 Å². The molecule has 0 unspecified atom stereocenters. The Morgan fingerprint density at radius 3 is 2.89 bits per heavy atom. The van der Waals surface area contributed by atoms with Crippen LogP contribution < -0.4 is 5.32 Å². The highest BCUT2D eigenvalue weighted by Crippen LogP contribution is 2.32. The third kappa shape index (κ3) is 2.57. The second kappa shape index (κ2) is 5.22. The fraction of sp³-hybridized carbons (Fsp3) is 0.600. The molecule has 0 amide bonds. The molecule has 2 aliphatic heterocycles. The summed E-state index contributed by atoms with van der Waals surface area (Å²) in [6.45, 7) is 3.61. The zero-order chi connectivity index (χ0) is 12.5. The van der Waals surface area contributed by atoms with Gasteiger partial charge in [0.1, 0.15) is 0 Å². The van der Waals surface area contributed by atoms with Gasteiger partial charge < -0.3 is 10.2 Å².